The third kappa shape index (κ3) is 2.18. The first kappa shape index (κ1) is 13.7. The van der Waals surface area contributed by atoms with Crippen LogP contribution in [0.4, 0.5) is 11.4 Å². The van der Waals surface area contributed by atoms with Gasteiger partial charge in [0.2, 0.25) is 0 Å². The van der Waals surface area contributed by atoms with Gasteiger partial charge < -0.3 is 9.73 Å². The summed E-state index contributed by atoms with van der Waals surface area (Å²) in [5.41, 5.74) is 3.43. The molecule has 108 valence electrons. The number of fused-ring (bicyclic) bond motifs is 3. The van der Waals surface area contributed by atoms with Gasteiger partial charge in [0.1, 0.15) is 5.58 Å². The molecule has 0 fully saturated rings. The van der Waals surface area contributed by atoms with Gasteiger partial charge in [-0.1, -0.05) is 57.9 Å². The van der Waals surface area contributed by atoms with Crippen LogP contribution < -0.4 is 5.32 Å². The molecule has 1 aromatic heterocycles. The predicted molar refractivity (Wildman–Crippen MR) is 96.2 cm³/mol. The number of anilines is 2. The molecule has 1 heterocycles. The number of hydrogen-bond donors (Lipinski definition) is 1. The first-order valence-electron chi connectivity index (χ1n) is 6.85. The van der Waals surface area contributed by atoms with Crippen molar-refractivity contribution in [2.24, 2.45) is 0 Å². The minimum Gasteiger partial charge on any atom is -0.454 e. The smallest absolute Gasteiger partial charge is 0.159 e. The maximum Gasteiger partial charge on any atom is 0.159 e. The van der Waals surface area contributed by atoms with Gasteiger partial charge in [-0.2, -0.15) is 0 Å². The van der Waals surface area contributed by atoms with E-state index in [9.17, 15) is 0 Å². The third-order valence-electron chi connectivity index (χ3n) is 3.62. The molecule has 0 saturated carbocycles. The van der Waals surface area contributed by atoms with Crippen molar-refractivity contribution in [1.82, 2.24) is 0 Å². The normalized spacial score (nSPS) is 11.2. The van der Waals surface area contributed by atoms with Crippen LogP contribution in [0.1, 0.15) is 0 Å². The van der Waals surface area contributed by atoms with E-state index in [1.807, 2.05) is 54.6 Å². The van der Waals surface area contributed by atoms with Crippen molar-refractivity contribution in [3.05, 3.63) is 70.2 Å². The second-order valence-electron chi connectivity index (χ2n) is 5.00. The molecule has 4 rings (SSSR count). The molecule has 2 nitrogen and oxygen atoms in total. The van der Waals surface area contributed by atoms with E-state index in [-0.39, 0.29) is 0 Å². The first-order chi connectivity index (χ1) is 10.7. The number of rotatable bonds is 2. The summed E-state index contributed by atoms with van der Waals surface area (Å²) >= 11 is 9.85. The van der Waals surface area contributed by atoms with Crippen LogP contribution in [-0.2, 0) is 0 Å². The summed E-state index contributed by atoms with van der Waals surface area (Å²) in [5, 5.41) is 6.19. The molecule has 0 spiro atoms. The lowest BCUT2D eigenvalue weighted by Crippen LogP contribution is -1.91. The highest BCUT2D eigenvalue weighted by Crippen LogP contribution is 2.39. The highest BCUT2D eigenvalue weighted by atomic mass is 79.9. The topological polar surface area (TPSA) is 25.2 Å². The Morgan fingerprint density at radius 1 is 0.864 bits per heavy atom. The van der Waals surface area contributed by atoms with Crippen molar-refractivity contribution >= 4 is 60.8 Å². The maximum atomic E-state index is 6.23. The lowest BCUT2D eigenvalue weighted by atomic mass is 10.1. The Morgan fingerprint density at radius 3 is 2.50 bits per heavy atom. The van der Waals surface area contributed by atoms with E-state index >= 15 is 0 Å². The number of benzene rings is 3. The fourth-order valence-electron chi connectivity index (χ4n) is 2.59. The Bertz CT molecular complexity index is 993. The highest BCUT2D eigenvalue weighted by Gasteiger charge is 2.14. The Labute approximate surface area is 140 Å². The van der Waals surface area contributed by atoms with Crippen molar-refractivity contribution in [1.29, 1.82) is 0 Å². The van der Waals surface area contributed by atoms with E-state index in [1.54, 1.807) is 0 Å². The largest absolute Gasteiger partial charge is 0.454 e. The van der Waals surface area contributed by atoms with Crippen molar-refractivity contribution < 1.29 is 4.42 Å². The van der Waals surface area contributed by atoms with Crippen molar-refractivity contribution in [2.75, 3.05) is 5.32 Å². The van der Waals surface area contributed by atoms with Crippen molar-refractivity contribution in [2.45, 2.75) is 0 Å². The van der Waals surface area contributed by atoms with Gasteiger partial charge in [0.05, 0.1) is 16.4 Å². The van der Waals surface area contributed by atoms with Gasteiger partial charge in [-0.3, -0.25) is 0 Å². The highest BCUT2D eigenvalue weighted by molar-refractivity contribution is 9.10. The van der Waals surface area contributed by atoms with Crippen LogP contribution in [0.3, 0.4) is 0 Å². The van der Waals surface area contributed by atoms with E-state index in [0.29, 0.717) is 5.02 Å². The zero-order valence-corrected chi connectivity index (χ0v) is 13.8. The molecule has 22 heavy (non-hydrogen) atoms. The Balaban J connectivity index is 1.95. The molecule has 0 aliphatic rings. The SMILES string of the molecule is Clc1ccccc1Nc1ccc(Br)c2c1oc1ccccc12. The van der Waals surface area contributed by atoms with Gasteiger partial charge in [-0.05, 0) is 30.3 Å². The summed E-state index contributed by atoms with van der Waals surface area (Å²) in [6, 6.07) is 19.7. The van der Waals surface area contributed by atoms with Crippen LogP contribution in [0.25, 0.3) is 21.9 Å². The average molecular weight is 373 g/mol. The van der Waals surface area contributed by atoms with Gasteiger partial charge >= 0.3 is 0 Å². The summed E-state index contributed by atoms with van der Waals surface area (Å²) in [6.07, 6.45) is 0. The molecule has 3 aromatic carbocycles. The predicted octanol–water partition coefficient (Wildman–Crippen LogP) is 6.75. The Morgan fingerprint density at radius 2 is 1.64 bits per heavy atom. The van der Waals surface area contributed by atoms with Crippen LogP contribution in [0.5, 0.6) is 0 Å². The summed E-state index contributed by atoms with van der Waals surface area (Å²) in [7, 11) is 0. The minimum absolute atomic E-state index is 0.676. The molecular weight excluding hydrogens is 362 g/mol. The molecule has 0 bridgehead atoms. The average Bonchev–Trinajstić information content (AvgIpc) is 2.92. The Kier molecular flexibility index (Phi) is 3.32. The molecule has 4 heteroatoms. The van der Waals surface area contributed by atoms with Crippen LogP contribution in [0.15, 0.2) is 69.6 Å². The van der Waals surface area contributed by atoms with E-state index in [0.717, 1.165) is 37.8 Å². The van der Waals surface area contributed by atoms with Gasteiger partial charge in [0.15, 0.2) is 5.58 Å². The van der Waals surface area contributed by atoms with E-state index in [2.05, 4.69) is 27.3 Å². The number of nitrogens with one attached hydrogen (secondary N) is 1. The lowest BCUT2D eigenvalue weighted by molar-refractivity contribution is 0.670. The number of hydrogen-bond acceptors (Lipinski definition) is 2. The van der Waals surface area contributed by atoms with Crippen LogP contribution in [-0.4, -0.2) is 0 Å². The second kappa shape index (κ2) is 5.34. The lowest BCUT2D eigenvalue weighted by Gasteiger charge is -2.09. The minimum atomic E-state index is 0.676. The molecule has 1 N–H and O–H groups in total. The molecular formula is C18H11BrClNO. The third-order valence-corrected chi connectivity index (χ3v) is 4.61. The summed E-state index contributed by atoms with van der Waals surface area (Å²) < 4.78 is 7.05. The van der Waals surface area contributed by atoms with Gasteiger partial charge in [0, 0.05) is 15.2 Å². The molecule has 0 aliphatic carbocycles. The van der Waals surface area contributed by atoms with Crippen molar-refractivity contribution in [3.63, 3.8) is 0 Å². The molecule has 0 unspecified atom stereocenters. The van der Waals surface area contributed by atoms with Crippen molar-refractivity contribution in [3.8, 4) is 0 Å². The molecule has 0 radical (unpaired) electrons. The van der Waals surface area contributed by atoms with E-state index < -0.39 is 0 Å². The molecule has 4 aromatic rings. The standard InChI is InChI=1S/C18H11BrClNO/c19-12-9-10-15(21-14-7-3-2-6-13(14)20)18-17(12)11-5-1-4-8-16(11)22-18/h1-10,21H. The number of para-hydroxylation sites is 2. The summed E-state index contributed by atoms with van der Waals surface area (Å²) in [4.78, 5) is 0. The van der Waals surface area contributed by atoms with Gasteiger partial charge in [0.25, 0.3) is 0 Å². The van der Waals surface area contributed by atoms with E-state index in [4.69, 9.17) is 16.0 Å². The fraction of sp³-hybridized carbons (Fsp3) is 0. The zero-order valence-electron chi connectivity index (χ0n) is 11.4. The molecule has 0 amide bonds. The first-order valence-corrected chi connectivity index (χ1v) is 8.02. The van der Waals surface area contributed by atoms with Crippen LogP contribution >= 0.6 is 27.5 Å². The summed E-state index contributed by atoms with van der Waals surface area (Å²) in [6.45, 7) is 0. The maximum absolute atomic E-state index is 6.23. The number of furan rings is 1. The summed E-state index contributed by atoms with van der Waals surface area (Å²) in [5.74, 6) is 0. The fourth-order valence-corrected chi connectivity index (χ4v) is 3.30. The zero-order chi connectivity index (χ0) is 15.1. The monoisotopic (exact) mass is 371 g/mol. The quantitative estimate of drug-likeness (QED) is 0.421. The van der Waals surface area contributed by atoms with Gasteiger partial charge in [-0.25, -0.2) is 0 Å². The van der Waals surface area contributed by atoms with Gasteiger partial charge in [-0.15, -0.1) is 0 Å². The van der Waals surface area contributed by atoms with Crippen LogP contribution in [0.2, 0.25) is 5.02 Å². The molecule has 0 aliphatic heterocycles. The molecule has 0 saturated heterocycles. The van der Waals surface area contributed by atoms with E-state index in [1.165, 1.54) is 0 Å². The van der Waals surface area contributed by atoms with Crippen LogP contribution in [0, 0.1) is 0 Å². The Hall–Kier alpha value is -1.97. The second-order valence-corrected chi connectivity index (χ2v) is 6.26. The number of halogens is 2. The molecule has 0 atom stereocenters.